The number of nitrogens with one attached hydrogen (secondary N) is 2. The van der Waals surface area contributed by atoms with Crippen molar-refractivity contribution in [3.63, 3.8) is 0 Å². The monoisotopic (exact) mass is 173 g/mol. The zero-order chi connectivity index (χ0) is 8.43. The highest BCUT2D eigenvalue weighted by atomic mass is 32.1. The summed E-state index contributed by atoms with van der Waals surface area (Å²) in [7, 11) is 0. The summed E-state index contributed by atoms with van der Waals surface area (Å²) in [5.74, 6) is -1.61. The fourth-order valence-electron chi connectivity index (χ4n) is 0.550. The molecule has 0 spiro atoms. The van der Waals surface area contributed by atoms with E-state index in [0.717, 1.165) is 0 Å². The molecule has 0 saturated carbocycles. The first kappa shape index (κ1) is 7.61. The van der Waals surface area contributed by atoms with Gasteiger partial charge in [0.05, 0.1) is 0 Å². The first-order valence-electron chi connectivity index (χ1n) is 2.54. The van der Waals surface area contributed by atoms with Gasteiger partial charge in [-0.15, -0.1) is 0 Å². The molecule has 1 aliphatic heterocycles. The summed E-state index contributed by atoms with van der Waals surface area (Å²) < 4.78 is 0. The van der Waals surface area contributed by atoms with Crippen molar-refractivity contribution >= 4 is 34.9 Å². The zero-order valence-corrected chi connectivity index (χ0v) is 5.94. The molecule has 0 atom stereocenters. The van der Waals surface area contributed by atoms with E-state index in [9.17, 15) is 9.59 Å². The number of nitrogens with zero attached hydrogens (tertiary/aromatic N) is 1. The van der Waals surface area contributed by atoms with Crippen molar-refractivity contribution in [1.29, 1.82) is 0 Å². The maximum Gasteiger partial charge on any atom is 0.285 e. The molecule has 1 saturated heterocycles. The van der Waals surface area contributed by atoms with Crippen molar-refractivity contribution in [1.82, 2.24) is 10.6 Å². The van der Waals surface area contributed by atoms with Crippen molar-refractivity contribution in [2.75, 3.05) is 0 Å². The van der Waals surface area contributed by atoms with Crippen LogP contribution in [-0.4, -0.2) is 27.8 Å². The average Bonchev–Trinajstić information content (AvgIpc) is 1.85. The summed E-state index contributed by atoms with van der Waals surface area (Å²) >= 11 is 4.46. The summed E-state index contributed by atoms with van der Waals surface area (Å²) in [6, 6.07) is 0. The molecule has 1 heterocycles. The van der Waals surface area contributed by atoms with Gasteiger partial charge in [-0.05, 0) is 12.2 Å². The molecule has 2 amide bonds. The smallest absolute Gasteiger partial charge is 0.285 e. The van der Waals surface area contributed by atoms with Crippen LogP contribution in [0.5, 0.6) is 0 Å². The summed E-state index contributed by atoms with van der Waals surface area (Å²) in [6.45, 7) is 0. The van der Waals surface area contributed by atoms with Crippen LogP contribution < -0.4 is 10.6 Å². The molecule has 3 N–H and O–H groups in total. The molecule has 0 radical (unpaired) electrons. The Balaban J connectivity index is 2.93. The summed E-state index contributed by atoms with van der Waals surface area (Å²) in [5, 5.41) is 14.7. The van der Waals surface area contributed by atoms with Crippen LogP contribution in [-0.2, 0) is 9.59 Å². The normalized spacial score (nSPS) is 17.5. The molecule has 58 valence electrons. The fraction of sp³-hybridized carbons (Fsp3) is 0. The van der Waals surface area contributed by atoms with Gasteiger partial charge in [0.1, 0.15) is 0 Å². The lowest BCUT2D eigenvalue weighted by atomic mass is 10.3. The lowest BCUT2D eigenvalue weighted by molar-refractivity contribution is -0.118. The second-order valence-corrected chi connectivity index (χ2v) is 2.09. The minimum atomic E-state index is -0.804. The van der Waals surface area contributed by atoms with Gasteiger partial charge in [-0.3, -0.25) is 20.2 Å². The van der Waals surface area contributed by atoms with Crippen LogP contribution in [0, 0.1) is 0 Å². The van der Waals surface area contributed by atoms with E-state index >= 15 is 0 Å². The molecule has 0 aromatic carbocycles. The second kappa shape index (κ2) is 2.62. The number of amides is 2. The Morgan fingerprint density at radius 2 is 1.73 bits per heavy atom. The molecular formula is C4H3N3O3S. The van der Waals surface area contributed by atoms with Gasteiger partial charge in [0.25, 0.3) is 11.8 Å². The third kappa shape index (κ3) is 1.32. The number of oxime groups is 1. The third-order valence-electron chi connectivity index (χ3n) is 0.984. The van der Waals surface area contributed by atoms with Gasteiger partial charge in [-0.2, -0.15) is 0 Å². The lowest BCUT2D eigenvalue weighted by Gasteiger charge is -2.13. The Morgan fingerprint density at radius 1 is 1.27 bits per heavy atom. The Kier molecular flexibility index (Phi) is 1.81. The van der Waals surface area contributed by atoms with Crippen molar-refractivity contribution in [3.8, 4) is 0 Å². The second-order valence-electron chi connectivity index (χ2n) is 1.69. The number of hydrogen-bond donors (Lipinski definition) is 3. The maximum absolute atomic E-state index is 10.7. The van der Waals surface area contributed by atoms with E-state index in [2.05, 4.69) is 28.0 Å². The maximum atomic E-state index is 10.7. The van der Waals surface area contributed by atoms with E-state index in [1.54, 1.807) is 0 Å². The topological polar surface area (TPSA) is 90.8 Å². The molecule has 0 aliphatic carbocycles. The Morgan fingerprint density at radius 3 is 2.09 bits per heavy atom. The largest absolute Gasteiger partial charge is 0.410 e. The van der Waals surface area contributed by atoms with E-state index in [1.807, 2.05) is 0 Å². The van der Waals surface area contributed by atoms with Crippen molar-refractivity contribution < 1.29 is 14.8 Å². The molecule has 1 aliphatic rings. The van der Waals surface area contributed by atoms with Crippen LogP contribution >= 0.6 is 12.2 Å². The SMILES string of the molecule is O=C1NC(=S)NC(=O)C1=NO. The molecule has 0 unspecified atom stereocenters. The van der Waals surface area contributed by atoms with Gasteiger partial charge >= 0.3 is 0 Å². The minimum absolute atomic E-state index is 0.0904. The van der Waals surface area contributed by atoms with E-state index < -0.39 is 17.5 Å². The number of carbonyl (C=O) groups is 2. The number of carbonyl (C=O) groups excluding carboxylic acids is 2. The highest BCUT2D eigenvalue weighted by Gasteiger charge is 2.27. The highest BCUT2D eigenvalue weighted by molar-refractivity contribution is 7.80. The van der Waals surface area contributed by atoms with E-state index in [4.69, 9.17) is 5.21 Å². The van der Waals surface area contributed by atoms with Gasteiger partial charge in [0.15, 0.2) is 5.11 Å². The molecule has 0 bridgehead atoms. The van der Waals surface area contributed by atoms with Crippen LogP contribution in [0.1, 0.15) is 0 Å². The Labute approximate surface area is 66.3 Å². The van der Waals surface area contributed by atoms with Crippen LogP contribution in [0.4, 0.5) is 0 Å². The van der Waals surface area contributed by atoms with Gasteiger partial charge in [0, 0.05) is 0 Å². The van der Waals surface area contributed by atoms with Gasteiger partial charge < -0.3 is 5.21 Å². The molecule has 0 aromatic heterocycles. The standard InChI is InChI=1S/C4H3N3O3S/c8-2-1(7-10)3(9)6-4(11)5-2/h10H,(H2,5,6,8,9,11). The molecule has 7 heteroatoms. The highest BCUT2D eigenvalue weighted by Crippen LogP contribution is 1.86. The van der Waals surface area contributed by atoms with Crippen molar-refractivity contribution in [2.24, 2.45) is 5.16 Å². The molecule has 6 nitrogen and oxygen atoms in total. The predicted octanol–water partition coefficient (Wildman–Crippen LogP) is -1.65. The van der Waals surface area contributed by atoms with Gasteiger partial charge in [-0.1, -0.05) is 5.16 Å². The molecule has 11 heavy (non-hydrogen) atoms. The zero-order valence-electron chi connectivity index (χ0n) is 5.12. The summed E-state index contributed by atoms with van der Waals surface area (Å²) in [6.07, 6.45) is 0. The molecule has 1 rings (SSSR count). The third-order valence-corrected chi connectivity index (χ3v) is 1.19. The minimum Gasteiger partial charge on any atom is -0.410 e. The van der Waals surface area contributed by atoms with Crippen LogP contribution in [0.15, 0.2) is 5.16 Å². The van der Waals surface area contributed by atoms with E-state index in [1.165, 1.54) is 0 Å². The summed E-state index contributed by atoms with van der Waals surface area (Å²) in [5.41, 5.74) is -0.599. The Bertz CT molecular complexity index is 250. The molecule has 1 fully saturated rings. The fourth-order valence-corrected chi connectivity index (χ4v) is 0.735. The predicted molar refractivity (Wildman–Crippen MR) is 38.1 cm³/mol. The van der Waals surface area contributed by atoms with Crippen molar-refractivity contribution in [2.45, 2.75) is 0 Å². The van der Waals surface area contributed by atoms with Gasteiger partial charge in [-0.25, -0.2) is 0 Å². The molecule has 0 aromatic rings. The molecular weight excluding hydrogens is 170 g/mol. The lowest BCUT2D eigenvalue weighted by Crippen LogP contribution is -2.56. The summed E-state index contributed by atoms with van der Waals surface area (Å²) in [4.78, 5) is 21.4. The quantitative estimate of drug-likeness (QED) is 0.232. The number of rotatable bonds is 0. The van der Waals surface area contributed by atoms with E-state index in [0.29, 0.717) is 0 Å². The Hall–Kier alpha value is -1.50. The first-order valence-corrected chi connectivity index (χ1v) is 2.94. The van der Waals surface area contributed by atoms with Crippen molar-refractivity contribution in [3.05, 3.63) is 0 Å². The number of thiocarbonyl (C=S) groups is 1. The average molecular weight is 173 g/mol. The number of hydrogen-bond acceptors (Lipinski definition) is 5. The van der Waals surface area contributed by atoms with Gasteiger partial charge in [0.2, 0.25) is 5.71 Å². The van der Waals surface area contributed by atoms with Crippen LogP contribution in [0.25, 0.3) is 0 Å². The van der Waals surface area contributed by atoms with Crippen LogP contribution in [0.2, 0.25) is 0 Å². The van der Waals surface area contributed by atoms with Crippen LogP contribution in [0.3, 0.4) is 0 Å². The van der Waals surface area contributed by atoms with E-state index in [-0.39, 0.29) is 5.11 Å². The first-order chi connectivity index (χ1) is 5.15.